The van der Waals surface area contributed by atoms with Crippen molar-refractivity contribution >= 4 is 23.2 Å². The molecule has 0 aliphatic heterocycles. The number of hydrogen-bond acceptors (Lipinski definition) is 7. The lowest BCUT2D eigenvalue weighted by atomic mass is 10.0. The Kier molecular flexibility index (Phi) is 6.61. The first-order valence-corrected chi connectivity index (χ1v) is 12.8. The van der Waals surface area contributed by atoms with Crippen molar-refractivity contribution in [2.24, 2.45) is 0 Å². The van der Waals surface area contributed by atoms with Gasteiger partial charge in [-0.15, -0.1) is 0 Å². The molecule has 0 saturated heterocycles. The highest BCUT2D eigenvalue weighted by molar-refractivity contribution is 5.97. The van der Waals surface area contributed by atoms with Gasteiger partial charge in [-0.2, -0.15) is 9.61 Å². The van der Waals surface area contributed by atoms with Crippen molar-refractivity contribution in [2.75, 3.05) is 24.3 Å². The Bertz CT molecular complexity index is 1270. The third-order valence-corrected chi connectivity index (χ3v) is 7.23. The molecule has 36 heavy (non-hydrogen) atoms. The molecule has 9 heteroatoms. The molecular formula is C27H36N6O3. The molecular weight excluding hydrogens is 456 g/mol. The maximum Gasteiger partial charge on any atom is 0.251 e. The molecule has 2 aliphatic rings. The number of carbonyl (C=O) groups is 1. The summed E-state index contributed by atoms with van der Waals surface area (Å²) in [5, 5.41) is 25.0. The normalized spacial score (nSPS) is 20.0. The van der Waals surface area contributed by atoms with Crippen LogP contribution in [-0.4, -0.2) is 63.1 Å². The minimum absolute atomic E-state index is 0.0200. The summed E-state index contributed by atoms with van der Waals surface area (Å²) in [7, 11) is 1.70. The summed E-state index contributed by atoms with van der Waals surface area (Å²) in [5.74, 6) is 1.45. The van der Waals surface area contributed by atoms with Crippen molar-refractivity contribution in [3.63, 3.8) is 0 Å². The number of aromatic nitrogens is 3. The summed E-state index contributed by atoms with van der Waals surface area (Å²) in [4.78, 5) is 17.5. The first kappa shape index (κ1) is 24.5. The maximum atomic E-state index is 12.6. The number of nitrogens with zero attached hydrogens (tertiary/aromatic N) is 3. The van der Waals surface area contributed by atoms with Gasteiger partial charge in [0.15, 0.2) is 5.65 Å². The van der Waals surface area contributed by atoms with Crippen LogP contribution < -0.4 is 16.0 Å². The number of hydrogen-bond donors (Lipinski definition) is 4. The van der Waals surface area contributed by atoms with E-state index in [-0.39, 0.29) is 23.7 Å². The van der Waals surface area contributed by atoms with E-state index in [1.54, 1.807) is 11.6 Å². The number of fused-ring (bicyclic) bond motifs is 1. The predicted molar refractivity (Wildman–Crippen MR) is 140 cm³/mol. The SMILES string of the molecule is COC(C)(C)CNc1cc(N[C@H]2CCC[C@H]2O)nc2c(-c3ccc(C(=O)NC4CC4)c(C)c3)cnn12. The van der Waals surface area contributed by atoms with Gasteiger partial charge in [0.25, 0.3) is 5.91 Å². The van der Waals surface area contributed by atoms with Crippen LogP contribution in [0.25, 0.3) is 16.8 Å². The van der Waals surface area contributed by atoms with E-state index in [4.69, 9.17) is 9.72 Å². The second-order valence-corrected chi connectivity index (χ2v) is 10.7. The minimum atomic E-state index is -0.381. The van der Waals surface area contributed by atoms with E-state index in [0.29, 0.717) is 29.6 Å². The number of aryl methyl sites for hydroxylation is 1. The summed E-state index contributed by atoms with van der Waals surface area (Å²) in [6.45, 7) is 6.57. The molecule has 0 spiro atoms. The van der Waals surface area contributed by atoms with E-state index < -0.39 is 0 Å². The first-order chi connectivity index (χ1) is 17.2. The maximum absolute atomic E-state index is 12.6. The standard InChI is InChI=1S/C27H36N6O3/c1-16-12-17(8-11-19(16)26(35)30-18-9-10-18)20-14-29-33-24(28-15-27(2,3)36-4)13-23(32-25(20)33)31-21-6-5-7-22(21)34/h8,11-14,18,21-22,28,34H,5-7,9-10,15H2,1-4H3,(H,30,35)(H,31,32)/t21-,22+/m0/s1. The number of carbonyl (C=O) groups excluding carboxylic acids is 1. The number of methoxy groups -OCH3 is 1. The Hall–Kier alpha value is -3.17. The number of rotatable bonds is 9. The second-order valence-electron chi connectivity index (χ2n) is 10.7. The fourth-order valence-electron chi connectivity index (χ4n) is 4.62. The van der Waals surface area contributed by atoms with Crippen molar-refractivity contribution in [1.29, 1.82) is 0 Å². The van der Waals surface area contributed by atoms with Crippen LogP contribution in [0.3, 0.4) is 0 Å². The van der Waals surface area contributed by atoms with Gasteiger partial charge in [-0.25, -0.2) is 4.98 Å². The number of amides is 1. The average Bonchev–Trinajstić information content (AvgIpc) is 3.41. The zero-order valence-corrected chi connectivity index (χ0v) is 21.5. The lowest BCUT2D eigenvalue weighted by molar-refractivity contribution is 0.0343. The second kappa shape index (κ2) is 9.71. The van der Waals surface area contributed by atoms with Crippen LogP contribution in [0.4, 0.5) is 11.6 Å². The zero-order valence-electron chi connectivity index (χ0n) is 21.5. The topological polar surface area (TPSA) is 113 Å². The molecule has 9 nitrogen and oxygen atoms in total. The van der Waals surface area contributed by atoms with Crippen molar-refractivity contribution < 1.29 is 14.6 Å². The summed E-state index contributed by atoms with van der Waals surface area (Å²) >= 11 is 0. The molecule has 192 valence electrons. The molecule has 1 aromatic carbocycles. The molecule has 1 amide bonds. The van der Waals surface area contributed by atoms with Crippen LogP contribution in [0.2, 0.25) is 0 Å². The van der Waals surface area contributed by atoms with Gasteiger partial charge in [-0.05, 0) is 70.1 Å². The van der Waals surface area contributed by atoms with E-state index in [1.807, 2.05) is 51.2 Å². The molecule has 0 radical (unpaired) electrons. The monoisotopic (exact) mass is 492 g/mol. The first-order valence-electron chi connectivity index (χ1n) is 12.8. The number of benzene rings is 1. The van der Waals surface area contributed by atoms with Crippen LogP contribution >= 0.6 is 0 Å². The van der Waals surface area contributed by atoms with Gasteiger partial charge in [0.1, 0.15) is 11.6 Å². The lowest BCUT2D eigenvalue weighted by Gasteiger charge is -2.24. The van der Waals surface area contributed by atoms with E-state index in [9.17, 15) is 9.90 Å². The summed E-state index contributed by atoms with van der Waals surface area (Å²) < 4.78 is 7.37. The fourth-order valence-corrected chi connectivity index (χ4v) is 4.62. The zero-order chi connectivity index (χ0) is 25.4. The van der Waals surface area contributed by atoms with Gasteiger partial charge < -0.3 is 25.8 Å². The third-order valence-electron chi connectivity index (χ3n) is 7.23. The van der Waals surface area contributed by atoms with Crippen LogP contribution in [0, 0.1) is 6.92 Å². The third kappa shape index (κ3) is 5.17. The molecule has 5 rings (SSSR count). The van der Waals surface area contributed by atoms with Gasteiger partial charge in [-0.3, -0.25) is 4.79 Å². The average molecular weight is 493 g/mol. The van der Waals surface area contributed by atoms with Gasteiger partial charge in [0, 0.05) is 36.9 Å². The van der Waals surface area contributed by atoms with Crippen LogP contribution in [-0.2, 0) is 4.74 Å². The molecule has 0 bridgehead atoms. The highest BCUT2D eigenvalue weighted by Crippen LogP contribution is 2.30. The van der Waals surface area contributed by atoms with Crippen molar-refractivity contribution in [3.05, 3.63) is 41.6 Å². The van der Waals surface area contributed by atoms with Gasteiger partial charge in [0.05, 0.1) is 23.9 Å². The lowest BCUT2D eigenvalue weighted by Crippen LogP contribution is -2.33. The Morgan fingerprint density at radius 2 is 2.03 bits per heavy atom. The molecule has 2 saturated carbocycles. The van der Waals surface area contributed by atoms with Gasteiger partial charge in [0.2, 0.25) is 0 Å². The minimum Gasteiger partial charge on any atom is -0.391 e. The molecule has 4 N–H and O–H groups in total. The molecule has 2 aromatic heterocycles. The smallest absolute Gasteiger partial charge is 0.251 e. The van der Waals surface area contributed by atoms with E-state index in [0.717, 1.165) is 54.6 Å². The molecule has 2 atom stereocenters. The summed E-state index contributed by atoms with van der Waals surface area (Å²) in [5.41, 5.74) is 3.75. The van der Waals surface area contributed by atoms with Crippen LogP contribution in [0.15, 0.2) is 30.5 Å². The Labute approximate surface area is 211 Å². The molecule has 2 heterocycles. The van der Waals surface area contributed by atoms with Gasteiger partial charge in [-0.1, -0.05) is 12.1 Å². The predicted octanol–water partition coefficient (Wildman–Crippen LogP) is 3.76. The van der Waals surface area contributed by atoms with Gasteiger partial charge >= 0.3 is 0 Å². The van der Waals surface area contributed by atoms with Crippen molar-refractivity contribution in [2.45, 2.75) is 76.7 Å². The highest BCUT2D eigenvalue weighted by Gasteiger charge is 2.27. The number of aliphatic hydroxyl groups excluding tert-OH is 1. The van der Waals surface area contributed by atoms with E-state index in [1.165, 1.54) is 0 Å². The quantitative estimate of drug-likeness (QED) is 0.360. The molecule has 0 unspecified atom stereocenters. The van der Waals surface area contributed by atoms with E-state index >= 15 is 0 Å². The van der Waals surface area contributed by atoms with Crippen LogP contribution in [0.5, 0.6) is 0 Å². The Balaban J connectivity index is 1.50. The van der Waals surface area contributed by atoms with Crippen molar-refractivity contribution in [3.8, 4) is 11.1 Å². The number of aliphatic hydroxyl groups is 1. The molecule has 2 fully saturated rings. The Morgan fingerprint density at radius 3 is 2.69 bits per heavy atom. The molecule has 3 aromatic rings. The van der Waals surface area contributed by atoms with E-state index in [2.05, 4.69) is 21.0 Å². The molecule has 2 aliphatic carbocycles. The Morgan fingerprint density at radius 1 is 1.22 bits per heavy atom. The highest BCUT2D eigenvalue weighted by atomic mass is 16.5. The van der Waals surface area contributed by atoms with Crippen LogP contribution in [0.1, 0.15) is 61.9 Å². The van der Waals surface area contributed by atoms with Crippen molar-refractivity contribution in [1.82, 2.24) is 19.9 Å². The number of nitrogens with one attached hydrogen (secondary N) is 3. The largest absolute Gasteiger partial charge is 0.391 e. The number of ether oxygens (including phenoxy) is 1. The fraction of sp³-hybridized carbons (Fsp3) is 0.519. The summed E-state index contributed by atoms with van der Waals surface area (Å²) in [6, 6.07) is 8.07. The number of anilines is 2. The summed E-state index contributed by atoms with van der Waals surface area (Å²) in [6.07, 6.45) is 6.24.